The molecule has 0 unspecified atom stereocenters. The van der Waals surface area contributed by atoms with E-state index in [1.165, 1.54) is 22.9 Å². The molecule has 0 spiro atoms. The van der Waals surface area contributed by atoms with Crippen LogP contribution in [0, 0.1) is 6.92 Å². The first-order valence-corrected chi connectivity index (χ1v) is 11.3. The molecule has 30 heavy (non-hydrogen) atoms. The molecule has 6 heteroatoms. The van der Waals surface area contributed by atoms with Crippen LogP contribution in [0.15, 0.2) is 46.3 Å². The number of aliphatic imine (C=N–C) groups is 1. The lowest BCUT2D eigenvalue weighted by atomic mass is 9.80. The van der Waals surface area contributed by atoms with Gasteiger partial charge >= 0.3 is 0 Å². The molecule has 4 rings (SSSR count). The second kappa shape index (κ2) is 7.78. The Labute approximate surface area is 187 Å². The number of thioether (sulfide) groups is 1. The average molecular weight is 440 g/mol. The van der Waals surface area contributed by atoms with Crippen molar-refractivity contribution in [1.29, 1.82) is 0 Å². The third-order valence-corrected chi connectivity index (χ3v) is 7.19. The van der Waals surface area contributed by atoms with E-state index in [2.05, 4.69) is 49.1 Å². The number of nitrogens with one attached hydrogen (secondary N) is 1. The molecule has 1 atom stereocenters. The molecule has 0 bridgehead atoms. The third-order valence-electron chi connectivity index (χ3n) is 5.95. The van der Waals surface area contributed by atoms with E-state index in [1.807, 2.05) is 43.3 Å². The van der Waals surface area contributed by atoms with E-state index in [0.29, 0.717) is 21.0 Å². The van der Waals surface area contributed by atoms with Crippen molar-refractivity contribution in [2.45, 2.75) is 45.6 Å². The van der Waals surface area contributed by atoms with Crippen molar-refractivity contribution in [2.75, 3.05) is 11.9 Å². The van der Waals surface area contributed by atoms with Gasteiger partial charge in [-0.3, -0.25) is 4.79 Å². The van der Waals surface area contributed by atoms with Gasteiger partial charge in [0.25, 0.3) is 5.91 Å². The van der Waals surface area contributed by atoms with Crippen LogP contribution in [-0.4, -0.2) is 23.7 Å². The summed E-state index contributed by atoms with van der Waals surface area (Å²) >= 11 is 7.97. The SMILES string of the molecule is Cc1ccc(N=C2NC(=O)/C(=C/c3cc4c(cc3Cl)N(C)C(C)(C)C[C@@H]4C)S2)cc1. The zero-order chi connectivity index (χ0) is 21.6. The van der Waals surface area contributed by atoms with Crippen LogP contribution in [0.25, 0.3) is 6.08 Å². The van der Waals surface area contributed by atoms with Crippen molar-refractivity contribution in [2.24, 2.45) is 4.99 Å². The highest BCUT2D eigenvalue weighted by Gasteiger charge is 2.34. The molecule has 156 valence electrons. The molecule has 2 aromatic carbocycles. The van der Waals surface area contributed by atoms with Crippen LogP contribution in [0.5, 0.6) is 0 Å². The molecular formula is C24H26ClN3OS. The van der Waals surface area contributed by atoms with Gasteiger partial charge in [-0.05, 0) is 86.3 Å². The summed E-state index contributed by atoms with van der Waals surface area (Å²) in [5, 5.41) is 4.08. The number of amidine groups is 1. The molecule has 2 aliphatic rings. The van der Waals surface area contributed by atoms with E-state index in [0.717, 1.165) is 23.4 Å². The Morgan fingerprint density at radius 3 is 2.67 bits per heavy atom. The maximum atomic E-state index is 12.5. The molecule has 4 nitrogen and oxygen atoms in total. The van der Waals surface area contributed by atoms with Crippen molar-refractivity contribution < 1.29 is 4.79 Å². The molecule has 1 N–H and O–H groups in total. The summed E-state index contributed by atoms with van der Waals surface area (Å²) < 4.78 is 0. The van der Waals surface area contributed by atoms with Crippen molar-refractivity contribution in [3.05, 3.63) is 63.0 Å². The minimum atomic E-state index is -0.147. The second-order valence-electron chi connectivity index (χ2n) is 8.73. The minimum Gasteiger partial charge on any atom is -0.369 e. The van der Waals surface area contributed by atoms with Crippen molar-refractivity contribution in [3.8, 4) is 0 Å². The zero-order valence-corrected chi connectivity index (χ0v) is 19.5. The van der Waals surface area contributed by atoms with Crippen molar-refractivity contribution in [3.63, 3.8) is 0 Å². The van der Waals surface area contributed by atoms with Gasteiger partial charge in [0.15, 0.2) is 5.17 Å². The Kier molecular flexibility index (Phi) is 5.45. The highest BCUT2D eigenvalue weighted by Crippen LogP contribution is 2.45. The summed E-state index contributed by atoms with van der Waals surface area (Å²) in [4.78, 5) is 19.9. The predicted octanol–water partition coefficient (Wildman–Crippen LogP) is 6.26. The van der Waals surface area contributed by atoms with Crippen LogP contribution in [-0.2, 0) is 4.79 Å². The van der Waals surface area contributed by atoms with Crippen molar-refractivity contribution >= 4 is 51.9 Å². The van der Waals surface area contributed by atoms with Crippen LogP contribution in [0.4, 0.5) is 11.4 Å². The number of aryl methyl sites for hydroxylation is 1. The highest BCUT2D eigenvalue weighted by molar-refractivity contribution is 8.18. The summed E-state index contributed by atoms with van der Waals surface area (Å²) in [6, 6.07) is 12.0. The van der Waals surface area contributed by atoms with E-state index in [1.54, 1.807) is 0 Å². The molecule has 2 aliphatic heterocycles. The number of carbonyl (C=O) groups is 1. The minimum absolute atomic E-state index is 0.0816. The maximum absolute atomic E-state index is 12.5. The van der Waals surface area contributed by atoms with E-state index < -0.39 is 0 Å². The Hall–Kier alpha value is -2.24. The Balaban J connectivity index is 1.64. The fourth-order valence-corrected chi connectivity index (χ4v) is 5.12. The molecule has 0 saturated carbocycles. The highest BCUT2D eigenvalue weighted by atomic mass is 35.5. The van der Waals surface area contributed by atoms with Crippen LogP contribution in [0.2, 0.25) is 5.02 Å². The number of hydrogen-bond donors (Lipinski definition) is 1. The Morgan fingerprint density at radius 2 is 1.97 bits per heavy atom. The standard InChI is InChI=1S/C24H26ClN3OS/c1-14-6-8-17(9-7-14)26-23-27-22(29)21(30-23)11-16-10-18-15(2)13-24(3,4)28(5)20(18)12-19(16)25/h6-12,15H,13H2,1-5H3,(H,26,27,29)/b21-11-/t15-/m0/s1. The van der Waals surface area contributed by atoms with Gasteiger partial charge in [-0.1, -0.05) is 36.2 Å². The van der Waals surface area contributed by atoms with Crippen LogP contribution in [0.1, 0.15) is 49.8 Å². The molecule has 1 amide bonds. The van der Waals surface area contributed by atoms with E-state index in [9.17, 15) is 4.79 Å². The van der Waals surface area contributed by atoms with Crippen LogP contribution in [0.3, 0.4) is 0 Å². The number of fused-ring (bicyclic) bond motifs is 1. The van der Waals surface area contributed by atoms with Crippen molar-refractivity contribution in [1.82, 2.24) is 5.32 Å². The molecular weight excluding hydrogens is 414 g/mol. The molecule has 2 aromatic rings. The fourth-order valence-electron chi connectivity index (χ4n) is 4.07. The maximum Gasteiger partial charge on any atom is 0.264 e. The van der Waals surface area contributed by atoms with Gasteiger partial charge in [0.05, 0.1) is 10.6 Å². The van der Waals surface area contributed by atoms with Gasteiger partial charge in [0, 0.05) is 23.3 Å². The number of anilines is 1. The Morgan fingerprint density at radius 1 is 1.27 bits per heavy atom. The number of nitrogens with zero attached hydrogens (tertiary/aromatic N) is 2. The monoisotopic (exact) mass is 439 g/mol. The number of amides is 1. The van der Waals surface area contributed by atoms with Gasteiger partial charge in [0.1, 0.15) is 0 Å². The number of halogens is 1. The first-order valence-electron chi connectivity index (χ1n) is 10.1. The first-order chi connectivity index (χ1) is 14.1. The number of rotatable bonds is 2. The van der Waals surface area contributed by atoms with Crippen LogP contribution >= 0.6 is 23.4 Å². The first kappa shape index (κ1) is 21.0. The smallest absolute Gasteiger partial charge is 0.264 e. The molecule has 0 aromatic heterocycles. The molecule has 0 aliphatic carbocycles. The largest absolute Gasteiger partial charge is 0.369 e. The molecule has 1 fully saturated rings. The number of carbonyl (C=O) groups excluding carboxylic acids is 1. The van der Waals surface area contributed by atoms with E-state index in [-0.39, 0.29) is 11.4 Å². The van der Waals surface area contributed by atoms with Gasteiger partial charge < -0.3 is 10.2 Å². The number of benzene rings is 2. The lowest BCUT2D eigenvalue weighted by Crippen LogP contribution is -2.45. The van der Waals surface area contributed by atoms with Gasteiger partial charge in [0.2, 0.25) is 0 Å². The van der Waals surface area contributed by atoms with Gasteiger partial charge in [-0.25, -0.2) is 4.99 Å². The van der Waals surface area contributed by atoms with E-state index >= 15 is 0 Å². The second-order valence-corrected chi connectivity index (χ2v) is 10.2. The van der Waals surface area contributed by atoms with Gasteiger partial charge in [-0.2, -0.15) is 0 Å². The third kappa shape index (κ3) is 4.01. The Bertz CT molecular complexity index is 1070. The van der Waals surface area contributed by atoms with E-state index in [4.69, 9.17) is 11.6 Å². The zero-order valence-electron chi connectivity index (χ0n) is 17.9. The lowest BCUT2D eigenvalue weighted by Gasteiger charge is -2.45. The average Bonchev–Trinajstić information content (AvgIpc) is 3.01. The summed E-state index contributed by atoms with van der Waals surface area (Å²) in [6.07, 6.45) is 2.93. The van der Waals surface area contributed by atoms with Crippen LogP contribution < -0.4 is 10.2 Å². The molecule has 2 heterocycles. The summed E-state index contributed by atoms with van der Waals surface area (Å²) in [7, 11) is 2.12. The predicted molar refractivity (Wildman–Crippen MR) is 129 cm³/mol. The molecule has 0 radical (unpaired) electrons. The normalized spacial score (nSPS) is 23.1. The lowest BCUT2D eigenvalue weighted by molar-refractivity contribution is -0.115. The molecule has 1 saturated heterocycles. The summed E-state index contributed by atoms with van der Waals surface area (Å²) in [6.45, 7) is 8.79. The summed E-state index contributed by atoms with van der Waals surface area (Å²) in [5.74, 6) is 0.273. The quantitative estimate of drug-likeness (QED) is 0.561. The number of hydrogen-bond acceptors (Lipinski definition) is 4. The van der Waals surface area contributed by atoms with Gasteiger partial charge in [-0.15, -0.1) is 0 Å². The fraction of sp³-hybridized carbons (Fsp3) is 0.333. The summed E-state index contributed by atoms with van der Waals surface area (Å²) in [5.41, 5.74) is 5.37. The topological polar surface area (TPSA) is 44.7 Å².